The highest BCUT2D eigenvalue weighted by atomic mass is 19.1. The largest absolute Gasteiger partial charge is 0.478 e. The highest BCUT2D eigenvalue weighted by Gasteiger charge is 2.57. The van der Waals surface area contributed by atoms with Gasteiger partial charge in [-0.05, 0) is 79.8 Å². The number of carboxylic acid groups (broad SMARTS) is 1. The minimum atomic E-state index is -1.19. The first-order valence-electron chi connectivity index (χ1n) is 12.2. The van der Waals surface area contributed by atoms with Gasteiger partial charge in [0, 0.05) is 40.8 Å². The van der Waals surface area contributed by atoms with Crippen LogP contribution in [0.5, 0.6) is 0 Å². The number of halogens is 3. The average molecular weight is 481 g/mol. The van der Waals surface area contributed by atoms with Crippen LogP contribution in [-0.4, -0.2) is 39.2 Å². The number of hydrogen-bond acceptors (Lipinski definition) is 2. The first-order valence-corrected chi connectivity index (χ1v) is 12.2. The molecule has 2 heterocycles. The Morgan fingerprint density at radius 3 is 2.57 bits per heavy atom. The Hall–Kier alpha value is -3.06. The van der Waals surface area contributed by atoms with Gasteiger partial charge >= 0.3 is 5.97 Å². The molecule has 2 bridgehead atoms. The van der Waals surface area contributed by atoms with Gasteiger partial charge in [-0.1, -0.05) is 18.2 Å². The summed E-state index contributed by atoms with van der Waals surface area (Å²) in [7, 11) is 0. The SMILES string of the molecule is C[C@@H]1Cc2c([nH]c3ccccc23)[C@@H](c2c(F)cc(/C=C/C(=O)O)cc2F)N1CC1CC2(F)CC1C2. The fourth-order valence-electron chi connectivity index (χ4n) is 6.73. The summed E-state index contributed by atoms with van der Waals surface area (Å²) in [6, 6.07) is 9.55. The molecule has 1 aromatic heterocycles. The molecule has 4 aliphatic rings. The average Bonchev–Trinajstić information content (AvgIpc) is 3.41. The molecular weight excluding hydrogens is 453 g/mol. The third kappa shape index (κ3) is 3.68. The van der Waals surface area contributed by atoms with Crippen LogP contribution in [0.25, 0.3) is 17.0 Å². The third-order valence-corrected chi connectivity index (χ3v) is 8.31. The lowest BCUT2D eigenvalue weighted by molar-refractivity contribution is -0.131. The van der Waals surface area contributed by atoms with E-state index < -0.39 is 29.3 Å². The predicted octanol–water partition coefficient (Wildman–Crippen LogP) is 6.02. The number of aliphatic carboxylic acids is 1. The van der Waals surface area contributed by atoms with Gasteiger partial charge in [0.25, 0.3) is 0 Å². The summed E-state index contributed by atoms with van der Waals surface area (Å²) in [4.78, 5) is 16.4. The fraction of sp³-hybridized carbons (Fsp3) is 0.393. The molecule has 7 heteroatoms. The molecule has 3 fully saturated rings. The Bertz CT molecular complexity index is 1330. The van der Waals surface area contributed by atoms with Crippen LogP contribution in [0.15, 0.2) is 42.5 Å². The van der Waals surface area contributed by atoms with Crippen LogP contribution in [0.4, 0.5) is 13.2 Å². The van der Waals surface area contributed by atoms with Crippen LogP contribution in [0, 0.1) is 23.5 Å². The molecule has 0 spiro atoms. The Morgan fingerprint density at radius 2 is 1.91 bits per heavy atom. The van der Waals surface area contributed by atoms with E-state index >= 15 is 8.78 Å². The molecule has 3 atom stereocenters. The molecule has 35 heavy (non-hydrogen) atoms. The van der Waals surface area contributed by atoms with Crippen molar-refractivity contribution in [1.82, 2.24) is 9.88 Å². The molecule has 3 aliphatic carbocycles. The normalized spacial score (nSPS) is 30.1. The predicted molar refractivity (Wildman–Crippen MR) is 128 cm³/mol. The van der Waals surface area contributed by atoms with Crippen molar-refractivity contribution in [1.29, 1.82) is 0 Å². The van der Waals surface area contributed by atoms with E-state index in [0.717, 1.165) is 34.7 Å². The topological polar surface area (TPSA) is 56.3 Å². The van der Waals surface area contributed by atoms with Crippen LogP contribution < -0.4 is 0 Å². The van der Waals surface area contributed by atoms with Crippen LogP contribution in [0.1, 0.15) is 54.6 Å². The number of nitrogens with zero attached hydrogens (tertiary/aromatic N) is 1. The standard InChI is InChI=1S/C28H27F3N2O2/c1-15-8-20-19-4-2-3-5-23(19)32-26(20)27(33(15)14-18-13-28(31)11-17(18)12-28)25-21(29)9-16(10-22(25)30)6-7-24(34)35/h2-7,9-10,15,17-18,27,32H,8,11-14H2,1H3,(H,34,35)/b7-6+/t15-,17?,18?,27-,28?/m1/s1. The zero-order valence-corrected chi connectivity index (χ0v) is 19.4. The van der Waals surface area contributed by atoms with Crippen molar-refractivity contribution >= 4 is 22.9 Å². The second-order valence-corrected chi connectivity index (χ2v) is 10.6. The van der Waals surface area contributed by atoms with Crippen LogP contribution in [0.3, 0.4) is 0 Å². The molecule has 1 unspecified atom stereocenters. The molecule has 1 aliphatic heterocycles. The second kappa shape index (κ2) is 7.98. The number of H-pyrrole nitrogens is 1. The molecule has 3 aromatic rings. The van der Waals surface area contributed by atoms with Crippen molar-refractivity contribution in [3.63, 3.8) is 0 Å². The number of carboxylic acids is 1. The van der Waals surface area contributed by atoms with Gasteiger partial charge in [-0.3, -0.25) is 4.90 Å². The van der Waals surface area contributed by atoms with Crippen molar-refractivity contribution in [3.8, 4) is 0 Å². The van der Waals surface area contributed by atoms with Gasteiger partial charge in [-0.25, -0.2) is 18.0 Å². The number of hydrogen-bond donors (Lipinski definition) is 2. The molecule has 2 N–H and O–H groups in total. The van der Waals surface area contributed by atoms with Gasteiger partial charge in [-0.15, -0.1) is 0 Å². The first kappa shape index (κ1) is 22.4. The molecule has 182 valence electrons. The van der Waals surface area contributed by atoms with Gasteiger partial charge in [0.1, 0.15) is 17.3 Å². The molecule has 4 nitrogen and oxygen atoms in total. The summed E-state index contributed by atoms with van der Waals surface area (Å²) in [6.45, 7) is 2.65. The lowest BCUT2D eigenvalue weighted by Crippen LogP contribution is -2.46. The maximum Gasteiger partial charge on any atom is 0.328 e. The van der Waals surface area contributed by atoms with Crippen molar-refractivity contribution in [3.05, 3.63) is 76.5 Å². The van der Waals surface area contributed by atoms with E-state index in [-0.39, 0.29) is 23.1 Å². The lowest BCUT2D eigenvalue weighted by atomic mass is 9.79. The highest BCUT2D eigenvalue weighted by molar-refractivity contribution is 5.86. The van der Waals surface area contributed by atoms with E-state index in [1.165, 1.54) is 18.2 Å². The van der Waals surface area contributed by atoms with Crippen molar-refractivity contribution < 1.29 is 23.1 Å². The number of nitrogens with one attached hydrogen (secondary N) is 1. The Morgan fingerprint density at radius 1 is 1.20 bits per heavy atom. The quantitative estimate of drug-likeness (QED) is 0.439. The highest BCUT2D eigenvalue weighted by Crippen LogP contribution is 2.58. The smallest absolute Gasteiger partial charge is 0.328 e. The van der Waals surface area contributed by atoms with Gasteiger partial charge < -0.3 is 10.1 Å². The maximum absolute atomic E-state index is 15.6. The van der Waals surface area contributed by atoms with Crippen LogP contribution in [0.2, 0.25) is 0 Å². The lowest BCUT2D eigenvalue weighted by Gasteiger charge is -2.43. The summed E-state index contributed by atoms with van der Waals surface area (Å²) in [5, 5.41) is 9.93. The van der Waals surface area contributed by atoms with Gasteiger partial charge in [0.15, 0.2) is 0 Å². The third-order valence-electron chi connectivity index (χ3n) is 8.31. The van der Waals surface area contributed by atoms with E-state index in [1.54, 1.807) is 0 Å². The number of carbonyl (C=O) groups is 1. The number of benzene rings is 2. The van der Waals surface area contributed by atoms with E-state index in [9.17, 15) is 9.18 Å². The molecule has 2 aromatic carbocycles. The second-order valence-electron chi connectivity index (χ2n) is 10.6. The van der Waals surface area contributed by atoms with Crippen LogP contribution >= 0.6 is 0 Å². The summed E-state index contributed by atoms with van der Waals surface area (Å²) in [5.74, 6) is -2.14. The van der Waals surface area contributed by atoms with E-state index in [4.69, 9.17) is 5.11 Å². The number of para-hydroxylation sites is 1. The number of rotatable bonds is 5. The molecule has 0 saturated heterocycles. The summed E-state index contributed by atoms with van der Waals surface area (Å²) >= 11 is 0. The summed E-state index contributed by atoms with van der Waals surface area (Å²) in [5.41, 5.74) is 1.78. The van der Waals surface area contributed by atoms with Gasteiger partial charge in [-0.2, -0.15) is 0 Å². The summed E-state index contributed by atoms with van der Waals surface area (Å²) < 4.78 is 45.9. The number of aromatic amines is 1. The monoisotopic (exact) mass is 480 g/mol. The maximum atomic E-state index is 15.6. The Kier molecular flexibility index (Phi) is 5.11. The fourth-order valence-corrected chi connectivity index (χ4v) is 6.73. The van der Waals surface area contributed by atoms with Crippen LogP contribution in [-0.2, 0) is 11.2 Å². The molecule has 3 saturated carbocycles. The number of aromatic nitrogens is 1. The minimum absolute atomic E-state index is 0.00505. The Balaban J connectivity index is 1.47. The zero-order chi connectivity index (χ0) is 24.5. The minimum Gasteiger partial charge on any atom is -0.478 e. The van der Waals surface area contributed by atoms with Crippen molar-refractivity contribution in [2.45, 2.75) is 50.4 Å². The van der Waals surface area contributed by atoms with Gasteiger partial charge in [0.2, 0.25) is 0 Å². The molecule has 0 radical (unpaired) electrons. The first-order chi connectivity index (χ1) is 16.7. The molecule has 0 amide bonds. The van der Waals surface area contributed by atoms with Crippen molar-refractivity contribution in [2.75, 3.05) is 6.54 Å². The van der Waals surface area contributed by atoms with Gasteiger partial charge in [0.05, 0.1) is 6.04 Å². The van der Waals surface area contributed by atoms with Crippen molar-refractivity contribution in [2.24, 2.45) is 11.8 Å². The van der Waals surface area contributed by atoms with E-state index in [0.29, 0.717) is 31.7 Å². The number of alkyl halides is 1. The van der Waals surface area contributed by atoms with E-state index in [2.05, 4.69) is 16.8 Å². The molecular formula is C28H27F3N2O2. The van der Waals surface area contributed by atoms with E-state index in [1.807, 2.05) is 24.3 Å². The summed E-state index contributed by atoms with van der Waals surface area (Å²) in [6.07, 6.45) is 4.47. The number of fused-ring (bicyclic) bond motifs is 4. The Labute approximate surface area is 201 Å². The zero-order valence-electron chi connectivity index (χ0n) is 19.4. The molecule has 7 rings (SSSR count).